The van der Waals surface area contributed by atoms with Crippen molar-refractivity contribution < 1.29 is 18.3 Å². The Morgan fingerprint density at radius 3 is 2.73 bits per heavy atom. The fourth-order valence-electron chi connectivity index (χ4n) is 3.06. The molecular formula is C19H18F2N6O3. The summed E-state index contributed by atoms with van der Waals surface area (Å²) < 4.78 is 37.9. The van der Waals surface area contributed by atoms with E-state index in [1.807, 2.05) is 12.1 Å². The Morgan fingerprint density at radius 2 is 2.03 bits per heavy atom. The van der Waals surface area contributed by atoms with E-state index in [-0.39, 0.29) is 5.69 Å². The Hall–Kier alpha value is -3.89. The van der Waals surface area contributed by atoms with Crippen LogP contribution < -0.4 is 20.5 Å². The van der Waals surface area contributed by atoms with E-state index in [1.165, 1.54) is 10.8 Å². The molecule has 0 bridgehead atoms. The molecule has 11 heteroatoms. The zero-order valence-electron chi connectivity index (χ0n) is 16.1. The Labute approximate surface area is 168 Å². The molecule has 0 amide bonds. The number of halogens is 2. The average molecular weight is 416 g/mol. The highest BCUT2D eigenvalue weighted by Gasteiger charge is 2.15. The minimum absolute atomic E-state index is 0.188. The lowest BCUT2D eigenvalue weighted by atomic mass is 10.2. The maximum Gasteiger partial charge on any atom is 0.333 e. The third-order valence-electron chi connectivity index (χ3n) is 4.53. The highest BCUT2D eigenvalue weighted by atomic mass is 19.3. The molecule has 30 heavy (non-hydrogen) atoms. The number of hydrogen-bond acceptors (Lipinski definition) is 6. The van der Waals surface area contributed by atoms with Gasteiger partial charge < -0.3 is 19.8 Å². The van der Waals surface area contributed by atoms with Crippen LogP contribution >= 0.6 is 0 Å². The maximum absolute atomic E-state index is 12.8. The minimum atomic E-state index is -2.80. The van der Waals surface area contributed by atoms with Gasteiger partial charge in [-0.3, -0.25) is 0 Å². The van der Waals surface area contributed by atoms with Gasteiger partial charge in [0, 0.05) is 18.2 Å². The number of methoxy groups -OCH3 is 2. The molecule has 3 heterocycles. The average Bonchev–Trinajstić information content (AvgIpc) is 3.35. The summed E-state index contributed by atoms with van der Waals surface area (Å²) in [5, 5.41) is 6.75. The van der Waals surface area contributed by atoms with Crippen LogP contribution in [0.5, 0.6) is 11.5 Å². The zero-order chi connectivity index (χ0) is 21.3. The van der Waals surface area contributed by atoms with Crippen LogP contribution in [-0.2, 0) is 6.54 Å². The van der Waals surface area contributed by atoms with Gasteiger partial charge in [0.1, 0.15) is 17.3 Å². The van der Waals surface area contributed by atoms with Crippen molar-refractivity contribution >= 4 is 17.0 Å². The summed E-state index contributed by atoms with van der Waals surface area (Å²) in [5.74, 6) is 1.83. The molecule has 0 atom stereocenters. The van der Waals surface area contributed by atoms with Gasteiger partial charge in [-0.1, -0.05) is 0 Å². The number of H-pyrrole nitrogens is 1. The molecule has 1 aromatic carbocycles. The van der Waals surface area contributed by atoms with Gasteiger partial charge in [0.25, 0.3) is 0 Å². The number of fused-ring (bicyclic) bond motifs is 1. The monoisotopic (exact) mass is 416 g/mol. The number of rotatable bonds is 7. The summed E-state index contributed by atoms with van der Waals surface area (Å²) in [5.41, 5.74) is 1.33. The maximum atomic E-state index is 12.8. The summed E-state index contributed by atoms with van der Waals surface area (Å²) >= 11 is 0. The van der Waals surface area contributed by atoms with E-state index in [0.717, 1.165) is 11.8 Å². The van der Waals surface area contributed by atoms with Crippen LogP contribution in [0.2, 0.25) is 0 Å². The Kier molecular flexibility index (Phi) is 5.09. The van der Waals surface area contributed by atoms with Gasteiger partial charge in [-0.2, -0.15) is 13.9 Å². The minimum Gasteiger partial charge on any atom is -0.497 e. The summed E-state index contributed by atoms with van der Waals surface area (Å²) in [6, 6.07) is 8.86. The number of nitrogens with one attached hydrogen (secondary N) is 2. The smallest absolute Gasteiger partial charge is 0.333 e. The Morgan fingerprint density at radius 1 is 1.20 bits per heavy atom. The fourth-order valence-corrected chi connectivity index (χ4v) is 3.06. The van der Waals surface area contributed by atoms with Crippen LogP contribution in [-0.4, -0.2) is 38.5 Å². The standard InChI is InChI=1S/C19H18F2N6O3/c1-29-13-4-3-11(15(7-13)30-2)8-22-16-6-5-14-17(25-16)27(19(28)24-14)12-9-23-26(10-12)18(20)21/h3-7,9-10,18H,8H2,1-2H3,(H,22,25)(H,24,28). The van der Waals surface area contributed by atoms with Crippen molar-refractivity contribution in [2.45, 2.75) is 13.1 Å². The molecule has 4 rings (SSSR count). The lowest BCUT2D eigenvalue weighted by Crippen LogP contribution is -2.14. The van der Waals surface area contributed by atoms with E-state index >= 15 is 0 Å². The molecule has 0 aliphatic carbocycles. The first-order chi connectivity index (χ1) is 14.5. The molecule has 3 aromatic heterocycles. The van der Waals surface area contributed by atoms with Crippen LogP contribution in [0, 0.1) is 0 Å². The van der Waals surface area contributed by atoms with E-state index in [2.05, 4.69) is 20.4 Å². The number of alkyl halides is 2. The van der Waals surface area contributed by atoms with Crippen LogP contribution in [0.3, 0.4) is 0 Å². The number of imidazole rings is 1. The first kappa shape index (κ1) is 19.4. The second kappa shape index (κ2) is 7.85. The zero-order valence-corrected chi connectivity index (χ0v) is 16.1. The number of pyridine rings is 1. The number of ether oxygens (including phenoxy) is 2. The molecule has 0 aliphatic rings. The molecular weight excluding hydrogens is 398 g/mol. The Balaban J connectivity index is 1.64. The van der Waals surface area contributed by atoms with Gasteiger partial charge in [0.2, 0.25) is 0 Å². The molecule has 0 aliphatic heterocycles. The van der Waals surface area contributed by atoms with Crippen molar-refractivity contribution in [3.8, 4) is 17.2 Å². The molecule has 0 radical (unpaired) electrons. The predicted octanol–water partition coefficient (Wildman–Crippen LogP) is 2.93. The molecule has 0 saturated carbocycles. The van der Waals surface area contributed by atoms with Crippen molar-refractivity contribution in [3.63, 3.8) is 0 Å². The Bertz CT molecular complexity index is 1250. The summed E-state index contributed by atoms with van der Waals surface area (Å²) in [4.78, 5) is 19.5. The molecule has 0 unspecified atom stereocenters. The topological polar surface area (TPSA) is 99.0 Å². The van der Waals surface area contributed by atoms with Gasteiger partial charge in [0.15, 0.2) is 5.65 Å². The molecule has 156 valence electrons. The third-order valence-corrected chi connectivity index (χ3v) is 4.53. The van der Waals surface area contributed by atoms with E-state index < -0.39 is 12.2 Å². The first-order valence-corrected chi connectivity index (χ1v) is 8.89. The van der Waals surface area contributed by atoms with Gasteiger partial charge in [-0.25, -0.2) is 19.0 Å². The molecule has 0 spiro atoms. The largest absolute Gasteiger partial charge is 0.497 e. The van der Waals surface area contributed by atoms with Crippen LogP contribution in [0.25, 0.3) is 16.9 Å². The molecule has 0 fully saturated rings. The van der Waals surface area contributed by atoms with Crippen LogP contribution in [0.1, 0.15) is 12.1 Å². The fraction of sp³-hybridized carbons (Fsp3) is 0.211. The van der Waals surface area contributed by atoms with E-state index in [1.54, 1.807) is 32.4 Å². The summed E-state index contributed by atoms with van der Waals surface area (Å²) in [6.45, 7) is -2.40. The molecule has 4 aromatic rings. The van der Waals surface area contributed by atoms with E-state index in [4.69, 9.17) is 9.47 Å². The second-order valence-electron chi connectivity index (χ2n) is 6.32. The van der Waals surface area contributed by atoms with E-state index in [0.29, 0.717) is 39.7 Å². The quantitative estimate of drug-likeness (QED) is 0.481. The van der Waals surface area contributed by atoms with Crippen LogP contribution in [0.15, 0.2) is 47.5 Å². The molecule has 0 saturated heterocycles. The third kappa shape index (κ3) is 3.56. The van der Waals surface area contributed by atoms with Crippen molar-refractivity contribution in [1.82, 2.24) is 24.3 Å². The molecule has 9 nitrogen and oxygen atoms in total. The summed E-state index contributed by atoms with van der Waals surface area (Å²) in [7, 11) is 3.15. The van der Waals surface area contributed by atoms with Crippen LogP contribution in [0.4, 0.5) is 14.6 Å². The van der Waals surface area contributed by atoms with Gasteiger partial charge in [0.05, 0.1) is 37.8 Å². The van der Waals surface area contributed by atoms with Crippen molar-refractivity contribution in [2.24, 2.45) is 0 Å². The number of aromatic nitrogens is 5. The van der Waals surface area contributed by atoms with Crippen molar-refractivity contribution in [2.75, 3.05) is 19.5 Å². The number of anilines is 1. The number of benzene rings is 1. The van der Waals surface area contributed by atoms with Gasteiger partial charge >= 0.3 is 12.2 Å². The number of nitrogens with zero attached hydrogens (tertiary/aromatic N) is 4. The highest BCUT2D eigenvalue weighted by molar-refractivity contribution is 5.75. The van der Waals surface area contributed by atoms with Crippen molar-refractivity contribution in [1.29, 1.82) is 0 Å². The van der Waals surface area contributed by atoms with Crippen molar-refractivity contribution in [3.05, 3.63) is 58.8 Å². The van der Waals surface area contributed by atoms with Gasteiger partial charge in [-0.15, -0.1) is 0 Å². The highest BCUT2D eigenvalue weighted by Crippen LogP contribution is 2.25. The van der Waals surface area contributed by atoms with E-state index in [9.17, 15) is 13.6 Å². The lowest BCUT2D eigenvalue weighted by Gasteiger charge is -2.12. The van der Waals surface area contributed by atoms with Gasteiger partial charge in [-0.05, 0) is 24.3 Å². The predicted molar refractivity (Wildman–Crippen MR) is 106 cm³/mol. The normalized spacial score (nSPS) is 11.2. The summed E-state index contributed by atoms with van der Waals surface area (Å²) in [6.07, 6.45) is 2.27. The molecule has 2 N–H and O–H groups in total. The number of aromatic amines is 1. The first-order valence-electron chi connectivity index (χ1n) is 8.89. The lowest BCUT2D eigenvalue weighted by molar-refractivity contribution is 0.0566. The second-order valence-corrected chi connectivity index (χ2v) is 6.32. The number of hydrogen-bond donors (Lipinski definition) is 2. The SMILES string of the molecule is COc1ccc(CNc2ccc3[nH]c(=O)n(-c4cnn(C(F)F)c4)c3n2)c(OC)c1.